The Morgan fingerprint density at radius 2 is 2.50 bits per heavy atom. The highest BCUT2D eigenvalue weighted by Gasteiger charge is 2.21. The Hall–Kier alpha value is 0.100. The molecule has 0 spiro atoms. The summed E-state index contributed by atoms with van der Waals surface area (Å²) in [5.74, 6) is 0.716. The number of likely N-dealkylation sites (tertiary alicyclic amines) is 1. The molecule has 0 amide bonds. The zero-order valence-corrected chi connectivity index (χ0v) is 10.5. The van der Waals surface area contributed by atoms with Gasteiger partial charge in [-0.2, -0.15) is 0 Å². The fourth-order valence-corrected chi connectivity index (χ4v) is 3.41. The van der Waals surface area contributed by atoms with Crippen molar-refractivity contribution in [1.82, 2.24) is 4.90 Å². The van der Waals surface area contributed by atoms with Crippen molar-refractivity contribution < 1.29 is 0 Å². The minimum atomic E-state index is 0.716. The molecule has 1 fully saturated rings. The van der Waals surface area contributed by atoms with Crippen molar-refractivity contribution in [3.8, 4) is 0 Å². The molecule has 78 valence electrons. The summed E-state index contributed by atoms with van der Waals surface area (Å²) in [7, 11) is 0. The highest BCUT2D eigenvalue weighted by atomic mass is 79.9. The molecule has 1 aliphatic heterocycles. The summed E-state index contributed by atoms with van der Waals surface area (Å²) in [5, 5.41) is 2.13. The molecule has 0 aromatic carbocycles. The van der Waals surface area contributed by atoms with Crippen molar-refractivity contribution in [3.63, 3.8) is 0 Å². The summed E-state index contributed by atoms with van der Waals surface area (Å²) in [6.07, 6.45) is 1.26. The van der Waals surface area contributed by atoms with Gasteiger partial charge in [-0.1, -0.05) is 0 Å². The normalized spacial score (nSPS) is 23.1. The lowest BCUT2D eigenvalue weighted by molar-refractivity contribution is 0.320. The first-order valence-corrected chi connectivity index (χ1v) is 6.61. The van der Waals surface area contributed by atoms with Crippen molar-refractivity contribution >= 4 is 27.3 Å². The maximum atomic E-state index is 5.67. The quantitative estimate of drug-likeness (QED) is 0.917. The van der Waals surface area contributed by atoms with Crippen LogP contribution in [0.2, 0.25) is 0 Å². The predicted molar refractivity (Wildman–Crippen MR) is 64.5 cm³/mol. The standard InChI is InChI=1S/C10H15BrN2S/c11-9-2-4-14-10(9)7-13-3-1-8(5-12)6-13/h2,4,8H,1,3,5-7,12H2. The predicted octanol–water partition coefficient (Wildman–Crippen LogP) is 2.29. The van der Waals surface area contributed by atoms with Crippen LogP contribution >= 0.6 is 27.3 Å². The van der Waals surface area contributed by atoms with Gasteiger partial charge in [0.05, 0.1) is 0 Å². The summed E-state index contributed by atoms with van der Waals surface area (Å²) >= 11 is 5.39. The second kappa shape index (κ2) is 4.75. The number of nitrogens with two attached hydrogens (primary N) is 1. The van der Waals surface area contributed by atoms with E-state index in [9.17, 15) is 0 Å². The topological polar surface area (TPSA) is 29.3 Å². The van der Waals surface area contributed by atoms with Gasteiger partial charge >= 0.3 is 0 Å². The molecular weight excluding hydrogens is 260 g/mol. The molecular formula is C10H15BrN2S. The second-order valence-corrected chi connectivity index (χ2v) is 5.67. The Labute approximate surface area is 97.2 Å². The molecule has 1 atom stereocenters. The summed E-state index contributed by atoms with van der Waals surface area (Å²) in [6.45, 7) is 4.28. The van der Waals surface area contributed by atoms with Gasteiger partial charge in [-0.15, -0.1) is 11.3 Å². The number of halogens is 1. The van der Waals surface area contributed by atoms with Crippen LogP contribution in [0.1, 0.15) is 11.3 Å². The molecule has 1 aromatic rings. The molecule has 4 heteroatoms. The van der Waals surface area contributed by atoms with Crippen LogP contribution in [0.5, 0.6) is 0 Å². The summed E-state index contributed by atoms with van der Waals surface area (Å²) in [5.41, 5.74) is 5.67. The van der Waals surface area contributed by atoms with Gasteiger partial charge in [-0.3, -0.25) is 4.90 Å². The van der Waals surface area contributed by atoms with E-state index in [4.69, 9.17) is 5.73 Å². The smallest absolute Gasteiger partial charge is 0.0339 e. The molecule has 0 radical (unpaired) electrons. The van der Waals surface area contributed by atoms with Crippen molar-refractivity contribution in [1.29, 1.82) is 0 Å². The second-order valence-electron chi connectivity index (χ2n) is 3.82. The van der Waals surface area contributed by atoms with Gasteiger partial charge in [0.25, 0.3) is 0 Å². The van der Waals surface area contributed by atoms with E-state index in [0.29, 0.717) is 5.92 Å². The molecule has 1 saturated heterocycles. The lowest BCUT2D eigenvalue weighted by atomic mass is 10.1. The van der Waals surface area contributed by atoms with Gasteiger partial charge in [0.1, 0.15) is 0 Å². The van der Waals surface area contributed by atoms with Gasteiger partial charge in [0.2, 0.25) is 0 Å². The summed E-state index contributed by atoms with van der Waals surface area (Å²) < 4.78 is 1.25. The number of thiophene rings is 1. The maximum absolute atomic E-state index is 5.67. The maximum Gasteiger partial charge on any atom is 0.0339 e. The minimum absolute atomic E-state index is 0.716. The van der Waals surface area contributed by atoms with Gasteiger partial charge in [-0.25, -0.2) is 0 Å². The first-order valence-electron chi connectivity index (χ1n) is 4.94. The first-order chi connectivity index (χ1) is 6.79. The molecule has 0 saturated carbocycles. The Bertz CT molecular complexity index is 300. The highest BCUT2D eigenvalue weighted by Crippen LogP contribution is 2.26. The number of hydrogen-bond donors (Lipinski definition) is 1. The Morgan fingerprint density at radius 1 is 1.64 bits per heavy atom. The molecule has 2 heterocycles. The molecule has 0 bridgehead atoms. The lowest BCUT2D eigenvalue weighted by Crippen LogP contribution is -2.22. The third-order valence-corrected chi connectivity index (χ3v) is 4.67. The number of nitrogens with zero attached hydrogens (tertiary/aromatic N) is 1. The van der Waals surface area contributed by atoms with Crippen LogP contribution < -0.4 is 5.73 Å². The van der Waals surface area contributed by atoms with E-state index in [2.05, 4.69) is 32.3 Å². The lowest BCUT2D eigenvalue weighted by Gasteiger charge is -2.14. The third kappa shape index (κ3) is 2.37. The zero-order chi connectivity index (χ0) is 9.97. The van der Waals surface area contributed by atoms with Gasteiger partial charge < -0.3 is 5.73 Å². The molecule has 2 nitrogen and oxygen atoms in total. The molecule has 2 rings (SSSR count). The van der Waals surface area contributed by atoms with Crippen LogP contribution in [0, 0.1) is 5.92 Å². The van der Waals surface area contributed by atoms with Crippen LogP contribution in [0.3, 0.4) is 0 Å². The van der Waals surface area contributed by atoms with E-state index in [-0.39, 0.29) is 0 Å². The van der Waals surface area contributed by atoms with Crippen molar-refractivity contribution in [2.45, 2.75) is 13.0 Å². The van der Waals surface area contributed by atoms with Gasteiger partial charge in [0, 0.05) is 22.4 Å². The van der Waals surface area contributed by atoms with Crippen LogP contribution in [0.25, 0.3) is 0 Å². The zero-order valence-electron chi connectivity index (χ0n) is 8.08. The largest absolute Gasteiger partial charge is 0.330 e. The van der Waals surface area contributed by atoms with Crippen LogP contribution in [-0.2, 0) is 6.54 Å². The monoisotopic (exact) mass is 274 g/mol. The van der Waals surface area contributed by atoms with E-state index in [1.807, 2.05) is 11.3 Å². The van der Waals surface area contributed by atoms with Crippen molar-refractivity contribution in [2.75, 3.05) is 19.6 Å². The molecule has 2 N–H and O–H groups in total. The molecule has 1 unspecified atom stereocenters. The number of rotatable bonds is 3. The Balaban J connectivity index is 1.90. The van der Waals surface area contributed by atoms with Crippen molar-refractivity contribution in [2.24, 2.45) is 11.7 Å². The van der Waals surface area contributed by atoms with E-state index < -0.39 is 0 Å². The van der Waals surface area contributed by atoms with Gasteiger partial charge in [0.15, 0.2) is 0 Å². The minimum Gasteiger partial charge on any atom is -0.330 e. The van der Waals surface area contributed by atoms with E-state index in [0.717, 1.165) is 13.1 Å². The van der Waals surface area contributed by atoms with Crippen molar-refractivity contribution in [3.05, 3.63) is 20.8 Å². The SMILES string of the molecule is NCC1CCN(Cc2sccc2Br)C1. The average Bonchev–Trinajstić information content (AvgIpc) is 2.77. The third-order valence-electron chi connectivity index (χ3n) is 2.76. The van der Waals surface area contributed by atoms with E-state index >= 15 is 0 Å². The molecule has 1 aliphatic rings. The van der Waals surface area contributed by atoms with Crippen LogP contribution in [0.15, 0.2) is 15.9 Å². The summed E-state index contributed by atoms with van der Waals surface area (Å²) in [6, 6.07) is 2.12. The fraction of sp³-hybridized carbons (Fsp3) is 0.600. The molecule has 1 aromatic heterocycles. The van der Waals surface area contributed by atoms with Crippen LogP contribution in [0.4, 0.5) is 0 Å². The summed E-state index contributed by atoms with van der Waals surface area (Å²) in [4.78, 5) is 3.93. The van der Waals surface area contributed by atoms with Crippen LogP contribution in [-0.4, -0.2) is 24.5 Å². The highest BCUT2D eigenvalue weighted by molar-refractivity contribution is 9.10. The average molecular weight is 275 g/mol. The fourth-order valence-electron chi connectivity index (χ4n) is 1.89. The van der Waals surface area contributed by atoms with E-state index in [1.54, 1.807) is 0 Å². The number of hydrogen-bond acceptors (Lipinski definition) is 3. The first kappa shape index (κ1) is 10.6. The molecule has 14 heavy (non-hydrogen) atoms. The Kier molecular flexibility index (Phi) is 3.60. The molecule has 0 aliphatic carbocycles. The van der Waals surface area contributed by atoms with Gasteiger partial charge in [-0.05, 0) is 52.8 Å². The van der Waals surface area contributed by atoms with E-state index in [1.165, 1.54) is 28.9 Å². The Morgan fingerprint density at radius 3 is 3.07 bits per heavy atom.